The number of nitrogens with zero attached hydrogens (tertiary/aromatic N) is 2. The highest BCUT2D eigenvalue weighted by Gasteiger charge is 2.22. The van der Waals surface area contributed by atoms with Crippen molar-refractivity contribution in [2.75, 3.05) is 26.2 Å². The summed E-state index contributed by atoms with van der Waals surface area (Å²) in [5, 5.41) is 12.2. The maximum Gasteiger partial charge on any atom is 0.188 e. The van der Waals surface area contributed by atoms with E-state index in [0.29, 0.717) is 18.5 Å². The minimum atomic E-state index is -0.432. The van der Waals surface area contributed by atoms with Crippen LogP contribution in [0.3, 0.4) is 0 Å². The summed E-state index contributed by atoms with van der Waals surface area (Å²) >= 11 is 0. The Bertz CT molecular complexity index is 230. The number of rotatable bonds is 5. The fourth-order valence-electron chi connectivity index (χ4n) is 2.05. The first kappa shape index (κ1) is 13.3. The quantitative estimate of drug-likeness (QED) is 0.448. The van der Waals surface area contributed by atoms with Crippen molar-refractivity contribution in [2.24, 2.45) is 10.7 Å². The van der Waals surface area contributed by atoms with E-state index in [1.807, 2.05) is 0 Å². The zero-order chi connectivity index (χ0) is 12.0. The van der Waals surface area contributed by atoms with Gasteiger partial charge in [0.1, 0.15) is 0 Å². The average molecular weight is 228 g/mol. The molecule has 0 aromatic rings. The summed E-state index contributed by atoms with van der Waals surface area (Å²) in [6.07, 6.45) is 2.06. The van der Waals surface area contributed by atoms with E-state index in [2.05, 4.69) is 22.1 Å². The molecule has 0 aromatic carbocycles. The number of aliphatic imine (C=N–C) groups is 1. The van der Waals surface area contributed by atoms with Gasteiger partial charge in [0, 0.05) is 12.6 Å². The lowest BCUT2D eigenvalue weighted by Gasteiger charge is -2.23. The lowest BCUT2D eigenvalue weighted by atomic mass is 10.2. The average Bonchev–Trinajstić information content (AvgIpc) is 2.70. The maximum absolute atomic E-state index is 9.06. The monoisotopic (exact) mass is 228 g/mol. The molecular weight excluding hydrogens is 204 g/mol. The lowest BCUT2D eigenvalue weighted by molar-refractivity contribution is 0.204. The Morgan fingerprint density at radius 2 is 2.44 bits per heavy atom. The van der Waals surface area contributed by atoms with Gasteiger partial charge in [0.25, 0.3) is 0 Å². The molecule has 2 atom stereocenters. The van der Waals surface area contributed by atoms with Gasteiger partial charge in [0.15, 0.2) is 5.96 Å². The third-order valence-electron chi connectivity index (χ3n) is 2.95. The summed E-state index contributed by atoms with van der Waals surface area (Å²) < 4.78 is 0. The van der Waals surface area contributed by atoms with Crippen LogP contribution < -0.4 is 11.1 Å². The second-order valence-electron chi connectivity index (χ2n) is 4.38. The van der Waals surface area contributed by atoms with Crippen molar-refractivity contribution in [1.29, 1.82) is 0 Å². The molecule has 0 amide bonds. The van der Waals surface area contributed by atoms with E-state index >= 15 is 0 Å². The van der Waals surface area contributed by atoms with Crippen molar-refractivity contribution in [3.05, 3.63) is 0 Å². The zero-order valence-electron chi connectivity index (χ0n) is 10.3. The molecule has 0 radical (unpaired) electrons. The van der Waals surface area contributed by atoms with Crippen LogP contribution in [0.25, 0.3) is 0 Å². The number of nitrogens with one attached hydrogen (secondary N) is 1. The number of likely N-dealkylation sites (N-methyl/N-ethyl adjacent to an activating group) is 1. The summed E-state index contributed by atoms with van der Waals surface area (Å²) in [6.45, 7) is 7.38. The standard InChI is InChI=1S/C11H24N4O/c1-3-15-6-4-5-10(15)8-14-11(12)13-7-9(2)16/h9-10,16H,3-8H2,1-2H3,(H3,12,13,14)/t9-,10?/m0/s1. The van der Waals surface area contributed by atoms with Gasteiger partial charge in [-0.2, -0.15) is 0 Å². The van der Waals surface area contributed by atoms with Crippen LogP contribution in [0.5, 0.6) is 0 Å². The third kappa shape index (κ3) is 4.37. The molecule has 1 aliphatic heterocycles. The van der Waals surface area contributed by atoms with Crippen LogP contribution in [0.15, 0.2) is 4.99 Å². The second kappa shape index (κ2) is 6.70. The van der Waals surface area contributed by atoms with Crippen LogP contribution in [-0.2, 0) is 0 Å². The van der Waals surface area contributed by atoms with E-state index < -0.39 is 6.10 Å². The molecule has 94 valence electrons. The Balaban J connectivity index is 2.25. The summed E-state index contributed by atoms with van der Waals surface area (Å²) in [5.74, 6) is 0.434. The van der Waals surface area contributed by atoms with Gasteiger partial charge in [-0.05, 0) is 32.9 Å². The van der Waals surface area contributed by atoms with E-state index in [1.54, 1.807) is 6.92 Å². The zero-order valence-corrected chi connectivity index (χ0v) is 10.3. The van der Waals surface area contributed by atoms with Gasteiger partial charge in [0.2, 0.25) is 0 Å². The normalized spacial score (nSPS) is 24.7. The van der Waals surface area contributed by atoms with Crippen LogP contribution in [0.4, 0.5) is 0 Å². The summed E-state index contributed by atoms with van der Waals surface area (Å²) in [4.78, 5) is 6.50. The Hall–Kier alpha value is -0.810. The number of aliphatic hydroxyl groups is 1. The Kier molecular flexibility index (Phi) is 5.55. The molecule has 0 aromatic heterocycles. The molecule has 1 saturated heterocycles. The summed E-state index contributed by atoms with van der Waals surface area (Å²) in [5.41, 5.74) is 5.70. The van der Waals surface area contributed by atoms with E-state index in [9.17, 15) is 0 Å². The van der Waals surface area contributed by atoms with Gasteiger partial charge in [-0.3, -0.25) is 9.89 Å². The van der Waals surface area contributed by atoms with Crippen LogP contribution >= 0.6 is 0 Å². The predicted molar refractivity (Wildman–Crippen MR) is 66.4 cm³/mol. The van der Waals surface area contributed by atoms with Crippen molar-refractivity contribution in [2.45, 2.75) is 38.8 Å². The first-order valence-corrected chi connectivity index (χ1v) is 6.09. The summed E-state index contributed by atoms with van der Waals surface area (Å²) in [7, 11) is 0. The van der Waals surface area contributed by atoms with Crippen LogP contribution in [0.1, 0.15) is 26.7 Å². The van der Waals surface area contributed by atoms with E-state index in [0.717, 1.165) is 13.1 Å². The SMILES string of the molecule is CCN1CCCC1CNC(N)=NC[C@H](C)O. The largest absolute Gasteiger partial charge is 0.391 e. The van der Waals surface area contributed by atoms with E-state index in [-0.39, 0.29) is 0 Å². The molecule has 0 saturated carbocycles. The molecule has 16 heavy (non-hydrogen) atoms. The topological polar surface area (TPSA) is 73.9 Å². The first-order chi connectivity index (χ1) is 7.63. The second-order valence-corrected chi connectivity index (χ2v) is 4.38. The third-order valence-corrected chi connectivity index (χ3v) is 2.95. The number of hydrogen-bond acceptors (Lipinski definition) is 3. The molecule has 0 aliphatic carbocycles. The van der Waals surface area contributed by atoms with Crippen LogP contribution in [-0.4, -0.2) is 54.3 Å². The number of aliphatic hydroxyl groups excluding tert-OH is 1. The minimum Gasteiger partial charge on any atom is -0.391 e. The fourth-order valence-corrected chi connectivity index (χ4v) is 2.05. The highest BCUT2D eigenvalue weighted by atomic mass is 16.3. The van der Waals surface area contributed by atoms with Crippen molar-refractivity contribution < 1.29 is 5.11 Å². The number of likely N-dealkylation sites (tertiary alicyclic amines) is 1. The van der Waals surface area contributed by atoms with Gasteiger partial charge in [0.05, 0.1) is 12.6 Å². The smallest absolute Gasteiger partial charge is 0.188 e. The molecule has 0 bridgehead atoms. The molecule has 0 spiro atoms. The molecule has 1 unspecified atom stereocenters. The Labute approximate surface area is 97.7 Å². The van der Waals surface area contributed by atoms with E-state index in [1.165, 1.54) is 19.4 Å². The van der Waals surface area contributed by atoms with Crippen molar-refractivity contribution >= 4 is 5.96 Å². The molecular formula is C11H24N4O. The Morgan fingerprint density at radius 1 is 1.69 bits per heavy atom. The van der Waals surface area contributed by atoms with E-state index in [4.69, 9.17) is 10.8 Å². The van der Waals surface area contributed by atoms with Gasteiger partial charge < -0.3 is 16.2 Å². The number of nitrogens with two attached hydrogens (primary N) is 1. The fraction of sp³-hybridized carbons (Fsp3) is 0.909. The molecule has 1 heterocycles. The van der Waals surface area contributed by atoms with Crippen LogP contribution in [0, 0.1) is 0 Å². The number of hydrogen-bond donors (Lipinski definition) is 3. The van der Waals surface area contributed by atoms with Gasteiger partial charge in [-0.1, -0.05) is 6.92 Å². The molecule has 1 fully saturated rings. The molecule has 1 aliphatic rings. The van der Waals surface area contributed by atoms with Crippen molar-refractivity contribution in [3.63, 3.8) is 0 Å². The molecule has 4 N–H and O–H groups in total. The lowest BCUT2D eigenvalue weighted by Crippen LogP contribution is -2.43. The highest BCUT2D eigenvalue weighted by Crippen LogP contribution is 2.15. The van der Waals surface area contributed by atoms with Crippen molar-refractivity contribution in [3.8, 4) is 0 Å². The Morgan fingerprint density at radius 3 is 3.06 bits per heavy atom. The van der Waals surface area contributed by atoms with Crippen molar-refractivity contribution in [1.82, 2.24) is 10.2 Å². The van der Waals surface area contributed by atoms with Gasteiger partial charge in [-0.15, -0.1) is 0 Å². The molecule has 5 heteroatoms. The predicted octanol–water partition coefficient (Wildman–Crippen LogP) is -0.244. The highest BCUT2D eigenvalue weighted by molar-refractivity contribution is 5.77. The molecule has 5 nitrogen and oxygen atoms in total. The minimum absolute atomic E-state index is 0.362. The first-order valence-electron chi connectivity index (χ1n) is 6.09. The maximum atomic E-state index is 9.06. The molecule has 1 rings (SSSR count). The van der Waals surface area contributed by atoms with Gasteiger partial charge >= 0.3 is 0 Å². The van der Waals surface area contributed by atoms with Crippen LogP contribution in [0.2, 0.25) is 0 Å². The number of guanidine groups is 1. The summed E-state index contributed by atoms with van der Waals surface area (Å²) in [6, 6.07) is 0.574. The van der Waals surface area contributed by atoms with Gasteiger partial charge in [-0.25, -0.2) is 0 Å².